The van der Waals surface area contributed by atoms with Gasteiger partial charge in [0, 0.05) is 18.8 Å². The van der Waals surface area contributed by atoms with Gasteiger partial charge in [-0.25, -0.2) is 8.42 Å². The summed E-state index contributed by atoms with van der Waals surface area (Å²) in [5.41, 5.74) is 6.09. The lowest BCUT2D eigenvalue weighted by atomic mass is 10.3. The summed E-state index contributed by atoms with van der Waals surface area (Å²) < 4.78 is 30.5. The van der Waals surface area contributed by atoms with Crippen molar-refractivity contribution in [1.29, 1.82) is 0 Å². The molecule has 0 spiro atoms. The van der Waals surface area contributed by atoms with E-state index in [4.69, 9.17) is 10.5 Å². The van der Waals surface area contributed by atoms with E-state index in [1.807, 2.05) is 4.90 Å². The first-order chi connectivity index (χ1) is 9.05. The quantitative estimate of drug-likeness (QED) is 0.656. The highest BCUT2D eigenvalue weighted by molar-refractivity contribution is 7.92. The van der Waals surface area contributed by atoms with E-state index in [1.54, 1.807) is 18.2 Å². The number of hydrogen-bond acceptors (Lipinski definition) is 5. The zero-order valence-corrected chi connectivity index (χ0v) is 11.5. The molecule has 1 aliphatic heterocycles. The average Bonchev–Trinajstić information content (AvgIpc) is 2.40. The highest BCUT2D eigenvalue weighted by Crippen LogP contribution is 2.22. The van der Waals surface area contributed by atoms with Crippen molar-refractivity contribution in [2.45, 2.75) is 10.3 Å². The van der Waals surface area contributed by atoms with Crippen LogP contribution < -0.4 is 5.73 Å². The Morgan fingerprint density at radius 3 is 2.63 bits per heavy atom. The maximum absolute atomic E-state index is 12.6. The van der Waals surface area contributed by atoms with Gasteiger partial charge in [0.15, 0.2) is 9.84 Å². The zero-order chi connectivity index (χ0) is 13.9. The summed E-state index contributed by atoms with van der Waals surface area (Å²) in [6, 6.07) is 6.34. The molecule has 1 atom stereocenters. The molecule has 2 rings (SSSR count). The topological polar surface area (TPSA) is 72.6 Å². The van der Waals surface area contributed by atoms with Gasteiger partial charge in [0.2, 0.25) is 0 Å². The van der Waals surface area contributed by atoms with Crippen LogP contribution in [0.4, 0.5) is 5.69 Å². The normalized spacial score (nSPS) is 18.9. The summed E-state index contributed by atoms with van der Waals surface area (Å²) in [5.74, 6) is 0. The van der Waals surface area contributed by atoms with Crippen LogP contribution in [-0.4, -0.2) is 45.0 Å². The molecule has 1 aromatic rings. The standard InChI is InChI=1S/C13H18N2O3S/c1-2-13(15-6-8-18-9-7-15)19(16,17)12-5-3-4-11(14)10-12/h2-5,10,13H,1,6-9,14H2. The second kappa shape index (κ2) is 5.73. The van der Waals surface area contributed by atoms with Gasteiger partial charge in [0.1, 0.15) is 5.37 Å². The summed E-state index contributed by atoms with van der Waals surface area (Å²) in [6.07, 6.45) is 1.46. The largest absolute Gasteiger partial charge is 0.399 e. The van der Waals surface area contributed by atoms with E-state index < -0.39 is 15.2 Å². The molecule has 0 amide bonds. The van der Waals surface area contributed by atoms with Crippen molar-refractivity contribution in [2.24, 2.45) is 0 Å². The van der Waals surface area contributed by atoms with Gasteiger partial charge in [-0.3, -0.25) is 4.90 Å². The second-order valence-corrected chi connectivity index (χ2v) is 6.44. The first kappa shape index (κ1) is 14.0. The van der Waals surface area contributed by atoms with Crippen molar-refractivity contribution in [3.05, 3.63) is 36.9 Å². The van der Waals surface area contributed by atoms with E-state index in [2.05, 4.69) is 6.58 Å². The summed E-state index contributed by atoms with van der Waals surface area (Å²) in [7, 11) is -3.50. The Labute approximate surface area is 113 Å². The van der Waals surface area contributed by atoms with Gasteiger partial charge >= 0.3 is 0 Å². The maximum atomic E-state index is 12.6. The van der Waals surface area contributed by atoms with E-state index in [0.29, 0.717) is 32.0 Å². The van der Waals surface area contributed by atoms with Crippen LogP contribution in [0, 0.1) is 0 Å². The Kier molecular flexibility index (Phi) is 4.24. The van der Waals surface area contributed by atoms with Gasteiger partial charge in [-0.1, -0.05) is 12.1 Å². The molecule has 0 aromatic heterocycles. The number of benzene rings is 1. The van der Waals surface area contributed by atoms with Crippen molar-refractivity contribution < 1.29 is 13.2 Å². The maximum Gasteiger partial charge on any atom is 0.198 e. The van der Waals surface area contributed by atoms with E-state index >= 15 is 0 Å². The SMILES string of the molecule is C=CC(N1CCOCC1)S(=O)(=O)c1cccc(N)c1. The Morgan fingerprint density at radius 2 is 2.05 bits per heavy atom. The minimum absolute atomic E-state index is 0.226. The third-order valence-corrected chi connectivity index (χ3v) is 5.15. The molecule has 0 radical (unpaired) electrons. The molecule has 1 aliphatic rings. The number of nitrogen functional groups attached to an aromatic ring is 1. The van der Waals surface area contributed by atoms with Crippen molar-refractivity contribution in [2.75, 3.05) is 32.0 Å². The third kappa shape index (κ3) is 2.97. The molecule has 1 unspecified atom stereocenters. The second-order valence-electron chi connectivity index (χ2n) is 4.39. The van der Waals surface area contributed by atoms with Gasteiger partial charge in [-0.05, 0) is 18.2 Å². The Bertz CT molecular complexity index is 551. The van der Waals surface area contributed by atoms with Gasteiger partial charge < -0.3 is 10.5 Å². The number of anilines is 1. The minimum Gasteiger partial charge on any atom is -0.399 e. The van der Waals surface area contributed by atoms with Crippen molar-refractivity contribution in [1.82, 2.24) is 4.90 Å². The van der Waals surface area contributed by atoms with Crippen molar-refractivity contribution in [3.8, 4) is 0 Å². The van der Waals surface area contributed by atoms with Crippen LogP contribution in [0.25, 0.3) is 0 Å². The molecule has 1 heterocycles. The molecule has 1 aromatic carbocycles. The summed E-state index contributed by atoms with van der Waals surface area (Å²) in [6.45, 7) is 5.90. The van der Waals surface area contributed by atoms with Crippen LogP contribution in [0.15, 0.2) is 41.8 Å². The van der Waals surface area contributed by atoms with Crippen molar-refractivity contribution in [3.63, 3.8) is 0 Å². The Hall–Kier alpha value is -1.37. The number of nitrogens with two attached hydrogens (primary N) is 1. The van der Waals surface area contributed by atoms with Crippen LogP contribution in [-0.2, 0) is 14.6 Å². The third-order valence-electron chi connectivity index (χ3n) is 3.11. The van der Waals surface area contributed by atoms with Crippen LogP contribution in [0.2, 0.25) is 0 Å². The number of rotatable bonds is 4. The van der Waals surface area contributed by atoms with E-state index in [9.17, 15) is 8.42 Å². The van der Waals surface area contributed by atoms with E-state index in [1.165, 1.54) is 12.1 Å². The van der Waals surface area contributed by atoms with Gasteiger partial charge in [0.25, 0.3) is 0 Å². The highest BCUT2D eigenvalue weighted by Gasteiger charge is 2.31. The molecule has 1 fully saturated rings. The molecule has 0 bridgehead atoms. The average molecular weight is 282 g/mol. The lowest BCUT2D eigenvalue weighted by Gasteiger charge is -2.32. The molecular weight excluding hydrogens is 264 g/mol. The number of nitrogens with zero attached hydrogens (tertiary/aromatic N) is 1. The lowest BCUT2D eigenvalue weighted by molar-refractivity contribution is 0.0374. The molecule has 104 valence electrons. The van der Waals surface area contributed by atoms with Gasteiger partial charge in [0.05, 0.1) is 18.1 Å². The van der Waals surface area contributed by atoms with Gasteiger partial charge in [-0.2, -0.15) is 0 Å². The van der Waals surface area contributed by atoms with Crippen LogP contribution in [0.5, 0.6) is 0 Å². The smallest absolute Gasteiger partial charge is 0.198 e. The van der Waals surface area contributed by atoms with Gasteiger partial charge in [-0.15, -0.1) is 6.58 Å². The monoisotopic (exact) mass is 282 g/mol. The molecule has 1 saturated heterocycles. The van der Waals surface area contributed by atoms with Crippen LogP contribution in [0.3, 0.4) is 0 Å². The number of hydrogen-bond donors (Lipinski definition) is 1. The first-order valence-electron chi connectivity index (χ1n) is 6.09. The minimum atomic E-state index is -3.50. The lowest BCUT2D eigenvalue weighted by Crippen LogP contribution is -2.46. The molecule has 6 heteroatoms. The van der Waals surface area contributed by atoms with E-state index in [-0.39, 0.29) is 4.90 Å². The highest BCUT2D eigenvalue weighted by atomic mass is 32.2. The summed E-state index contributed by atoms with van der Waals surface area (Å²) >= 11 is 0. The number of morpholine rings is 1. The summed E-state index contributed by atoms with van der Waals surface area (Å²) in [5, 5.41) is -0.738. The molecule has 2 N–H and O–H groups in total. The molecule has 5 nitrogen and oxygen atoms in total. The molecular formula is C13H18N2O3S. The fourth-order valence-corrected chi connectivity index (χ4v) is 3.84. The van der Waals surface area contributed by atoms with Crippen LogP contribution in [0.1, 0.15) is 0 Å². The Morgan fingerprint density at radius 1 is 1.37 bits per heavy atom. The molecule has 19 heavy (non-hydrogen) atoms. The van der Waals surface area contributed by atoms with Crippen molar-refractivity contribution >= 4 is 15.5 Å². The molecule has 0 saturated carbocycles. The predicted molar refractivity (Wildman–Crippen MR) is 74.4 cm³/mol. The predicted octanol–water partition coefficient (Wildman–Crippen LogP) is 0.887. The number of sulfone groups is 1. The first-order valence-corrected chi connectivity index (χ1v) is 7.64. The fraction of sp³-hybridized carbons (Fsp3) is 0.385. The van der Waals surface area contributed by atoms with E-state index in [0.717, 1.165) is 0 Å². The number of ether oxygens (including phenoxy) is 1. The Balaban J connectivity index is 2.32. The zero-order valence-electron chi connectivity index (χ0n) is 10.7. The fourth-order valence-electron chi connectivity index (χ4n) is 2.13. The molecule has 0 aliphatic carbocycles. The summed E-state index contributed by atoms with van der Waals surface area (Å²) in [4.78, 5) is 2.08. The van der Waals surface area contributed by atoms with Crippen LogP contribution >= 0.6 is 0 Å².